The van der Waals surface area contributed by atoms with E-state index < -0.39 is 11.6 Å². The zero-order valence-electron chi connectivity index (χ0n) is 8.38. The van der Waals surface area contributed by atoms with Crippen LogP contribution in [0.25, 0.3) is 0 Å². The molecule has 0 bridgehead atoms. The van der Waals surface area contributed by atoms with Gasteiger partial charge in [-0.15, -0.1) is 0 Å². The molecule has 0 aromatic heterocycles. The molecular formula is C10H12F2N2. The summed E-state index contributed by atoms with van der Waals surface area (Å²) in [6, 6.07) is 3.35. The molecule has 0 amide bonds. The van der Waals surface area contributed by atoms with Gasteiger partial charge in [0.2, 0.25) is 0 Å². The standard InChI is InChI=1S/C10H12F2N2/c1-7(13-14(2)3)8-4-9(11)6-10(12)5-8/h4-6H,1-3H3/b13-7-. The zero-order chi connectivity index (χ0) is 10.7. The van der Waals surface area contributed by atoms with Gasteiger partial charge in [0.25, 0.3) is 0 Å². The molecule has 1 aromatic carbocycles. The van der Waals surface area contributed by atoms with E-state index in [2.05, 4.69) is 5.10 Å². The van der Waals surface area contributed by atoms with E-state index in [1.54, 1.807) is 26.0 Å². The number of nitrogens with zero attached hydrogens (tertiary/aromatic N) is 2. The third kappa shape index (κ3) is 2.80. The predicted molar refractivity (Wildman–Crippen MR) is 52.3 cm³/mol. The van der Waals surface area contributed by atoms with Gasteiger partial charge < -0.3 is 5.01 Å². The molecule has 0 N–H and O–H groups in total. The average Bonchev–Trinajstić information content (AvgIpc) is 2.00. The lowest BCUT2D eigenvalue weighted by Crippen LogP contribution is -2.07. The highest BCUT2D eigenvalue weighted by Crippen LogP contribution is 2.09. The molecule has 0 saturated carbocycles. The Kier molecular flexibility index (Phi) is 3.17. The molecule has 0 saturated heterocycles. The first-order valence-corrected chi connectivity index (χ1v) is 4.18. The molecule has 76 valence electrons. The van der Waals surface area contributed by atoms with Crippen LogP contribution in [0, 0.1) is 11.6 Å². The summed E-state index contributed by atoms with van der Waals surface area (Å²) in [7, 11) is 3.50. The van der Waals surface area contributed by atoms with E-state index in [4.69, 9.17) is 0 Å². The Morgan fingerprint density at radius 2 is 1.64 bits per heavy atom. The van der Waals surface area contributed by atoms with Crippen molar-refractivity contribution in [2.45, 2.75) is 6.92 Å². The zero-order valence-corrected chi connectivity index (χ0v) is 8.38. The van der Waals surface area contributed by atoms with Gasteiger partial charge in [0.15, 0.2) is 0 Å². The minimum Gasteiger partial charge on any atom is -0.303 e. The fourth-order valence-corrected chi connectivity index (χ4v) is 1.12. The lowest BCUT2D eigenvalue weighted by Gasteiger charge is -2.07. The first-order valence-electron chi connectivity index (χ1n) is 4.18. The summed E-state index contributed by atoms with van der Waals surface area (Å²) in [6.07, 6.45) is 0. The van der Waals surface area contributed by atoms with Crippen molar-refractivity contribution in [2.24, 2.45) is 5.10 Å². The summed E-state index contributed by atoms with van der Waals surface area (Å²) in [5.41, 5.74) is 1.03. The molecule has 0 spiro atoms. The van der Waals surface area contributed by atoms with E-state index >= 15 is 0 Å². The van der Waals surface area contributed by atoms with Crippen molar-refractivity contribution in [1.29, 1.82) is 0 Å². The first kappa shape index (κ1) is 10.6. The molecule has 0 heterocycles. The second kappa shape index (κ2) is 4.17. The first-order chi connectivity index (χ1) is 6.49. The van der Waals surface area contributed by atoms with Gasteiger partial charge in [-0.2, -0.15) is 5.10 Å². The van der Waals surface area contributed by atoms with E-state index in [9.17, 15) is 8.78 Å². The van der Waals surface area contributed by atoms with Crippen molar-refractivity contribution in [3.8, 4) is 0 Å². The highest BCUT2D eigenvalue weighted by atomic mass is 19.1. The summed E-state index contributed by atoms with van der Waals surface area (Å²) in [5, 5.41) is 5.63. The number of rotatable bonds is 2. The fourth-order valence-electron chi connectivity index (χ4n) is 1.12. The smallest absolute Gasteiger partial charge is 0.126 e. The van der Waals surface area contributed by atoms with Crippen LogP contribution >= 0.6 is 0 Å². The Labute approximate surface area is 81.8 Å². The third-order valence-corrected chi connectivity index (χ3v) is 1.63. The molecule has 1 rings (SSSR count). The molecule has 0 aliphatic heterocycles. The molecule has 0 fully saturated rings. The van der Waals surface area contributed by atoms with Crippen LogP contribution in [0.15, 0.2) is 23.3 Å². The van der Waals surface area contributed by atoms with Gasteiger partial charge in [0, 0.05) is 25.7 Å². The molecule has 0 atom stereocenters. The van der Waals surface area contributed by atoms with Crippen molar-refractivity contribution >= 4 is 5.71 Å². The van der Waals surface area contributed by atoms with Crippen molar-refractivity contribution in [3.05, 3.63) is 35.4 Å². The van der Waals surface area contributed by atoms with Gasteiger partial charge in [-0.25, -0.2) is 8.78 Å². The van der Waals surface area contributed by atoms with Crippen molar-refractivity contribution in [2.75, 3.05) is 14.1 Å². The van der Waals surface area contributed by atoms with E-state index in [1.807, 2.05) is 0 Å². The van der Waals surface area contributed by atoms with Crippen LogP contribution in [0.5, 0.6) is 0 Å². The predicted octanol–water partition coefficient (Wildman–Crippen LogP) is 2.25. The Morgan fingerprint density at radius 3 is 2.07 bits per heavy atom. The lowest BCUT2D eigenvalue weighted by molar-refractivity contribution is 0.437. The number of halogens is 2. The van der Waals surface area contributed by atoms with Crippen LogP contribution < -0.4 is 0 Å². The van der Waals surface area contributed by atoms with Gasteiger partial charge in [-0.05, 0) is 19.1 Å². The van der Waals surface area contributed by atoms with Crippen molar-refractivity contribution in [3.63, 3.8) is 0 Å². The summed E-state index contributed by atoms with van der Waals surface area (Å²) < 4.78 is 25.6. The van der Waals surface area contributed by atoms with E-state index in [0.29, 0.717) is 11.3 Å². The SMILES string of the molecule is C/C(=N/N(C)C)c1cc(F)cc(F)c1. The lowest BCUT2D eigenvalue weighted by atomic mass is 10.1. The molecule has 0 aliphatic rings. The second-order valence-electron chi connectivity index (χ2n) is 3.19. The van der Waals surface area contributed by atoms with Crippen molar-refractivity contribution in [1.82, 2.24) is 5.01 Å². The van der Waals surface area contributed by atoms with Gasteiger partial charge in [-0.1, -0.05) is 0 Å². The Morgan fingerprint density at radius 1 is 1.14 bits per heavy atom. The number of hydrogen-bond donors (Lipinski definition) is 0. The Bertz CT molecular complexity index is 339. The van der Waals surface area contributed by atoms with E-state index in [1.165, 1.54) is 12.1 Å². The second-order valence-corrected chi connectivity index (χ2v) is 3.19. The minimum atomic E-state index is -0.590. The number of hydrogen-bond acceptors (Lipinski definition) is 2. The maximum absolute atomic E-state index is 12.8. The molecule has 0 aliphatic carbocycles. The molecular weight excluding hydrogens is 186 g/mol. The van der Waals surface area contributed by atoms with Crippen LogP contribution in [0.2, 0.25) is 0 Å². The summed E-state index contributed by atoms with van der Waals surface area (Å²) in [5.74, 6) is -1.18. The summed E-state index contributed by atoms with van der Waals surface area (Å²) in [6.45, 7) is 1.70. The highest BCUT2D eigenvalue weighted by molar-refractivity contribution is 5.98. The van der Waals surface area contributed by atoms with Gasteiger partial charge >= 0.3 is 0 Å². The quantitative estimate of drug-likeness (QED) is 0.525. The van der Waals surface area contributed by atoms with Gasteiger partial charge in [0.1, 0.15) is 11.6 Å². The van der Waals surface area contributed by atoms with E-state index in [-0.39, 0.29) is 0 Å². The Hall–Kier alpha value is -1.45. The maximum atomic E-state index is 12.8. The van der Waals surface area contributed by atoms with Gasteiger partial charge in [0.05, 0.1) is 5.71 Å². The Balaban J connectivity index is 3.07. The molecule has 2 nitrogen and oxygen atoms in total. The molecule has 0 radical (unpaired) electrons. The van der Waals surface area contributed by atoms with E-state index in [0.717, 1.165) is 6.07 Å². The van der Waals surface area contributed by atoms with Crippen molar-refractivity contribution < 1.29 is 8.78 Å². The normalized spacial score (nSPS) is 11.6. The van der Waals surface area contributed by atoms with Crippen LogP contribution in [-0.2, 0) is 0 Å². The molecule has 14 heavy (non-hydrogen) atoms. The van der Waals surface area contributed by atoms with Gasteiger partial charge in [-0.3, -0.25) is 0 Å². The van der Waals surface area contributed by atoms with Crippen LogP contribution in [0.1, 0.15) is 12.5 Å². The molecule has 4 heteroatoms. The molecule has 0 unspecified atom stereocenters. The topological polar surface area (TPSA) is 15.6 Å². The average molecular weight is 198 g/mol. The largest absolute Gasteiger partial charge is 0.303 e. The molecule has 1 aromatic rings. The monoisotopic (exact) mass is 198 g/mol. The van der Waals surface area contributed by atoms with Crippen LogP contribution in [-0.4, -0.2) is 24.8 Å². The maximum Gasteiger partial charge on any atom is 0.126 e. The summed E-state index contributed by atoms with van der Waals surface area (Å²) >= 11 is 0. The third-order valence-electron chi connectivity index (χ3n) is 1.63. The van der Waals surface area contributed by atoms with Crippen LogP contribution in [0.3, 0.4) is 0 Å². The fraction of sp³-hybridized carbons (Fsp3) is 0.300. The number of benzene rings is 1. The minimum absolute atomic E-state index is 0.455. The summed E-state index contributed by atoms with van der Waals surface area (Å²) in [4.78, 5) is 0. The number of hydrazone groups is 1. The van der Waals surface area contributed by atoms with Crippen LogP contribution in [0.4, 0.5) is 8.78 Å². The highest BCUT2D eigenvalue weighted by Gasteiger charge is 2.03.